The molecule has 3 heterocycles. The van der Waals surface area contributed by atoms with E-state index in [9.17, 15) is 4.79 Å². The highest BCUT2D eigenvalue weighted by molar-refractivity contribution is 6.99. The highest BCUT2D eigenvalue weighted by Crippen LogP contribution is 2.40. The zero-order valence-corrected chi connectivity index (χ0v) is 43.8. The fraction of sp³-hybridized carbons (Fsp3) is 0.702. The van der Waals surface area contributed by atoms with Gasteiger partial charge in [-0.25, -0.2) is 4.79 Å². The van der Waals surface area contributed by atoms with Gasteiger partial charge in [0.2, 0.25) is 0 Å². The summed E-state index contributed by atoms with van der Waals surface area (Å²) in [7, 11) is 0.583. The molecule has 0 spiro atoms. The van der Waals surface area contributed by atoms with Crippen molar-refractivity contribution in [3.8, 4) is 0 Å². The molecule has 0 N–H and O–H groups in total. The Morgan fingerprint density at radius 1 is 0.657 bits per heavy atom. The Morgan fingerprint density at radius 2 is 1.16 bits per heavy atom. The Morgan fingerprint density at radius 3 is 1.69 bits per heavy atom. The van der Waals surface area contributed by atoms with Crippen molar-refractivity contribution in [3.05, 3.63) is 84.5 Å². The Kier molecular flexibility index (Phi) is 24.9. The first-order chi connectivity index (χ1) is 32.6. The van der Waals surface area contributed by atoms with Gasteiger partial charge in [-0.1, -0.05) is 171 Å². The molecule has 0 radical (unpaired) electrons. The van der Waals surface area contributed by atoms with Crippen LogP contribution >= 0.6 is 0 Å². The molecule has 8 atom stereocenters. The van der Waals surface area contributed by atoms with Crippen molar-refractivity contribution in [2.45, 2.75) is 230 Å². The van der Waals surface area contributed by atoms with Crippen molar-refractivity contribution in [3.63, 3.8) is 0 Å². The molecule has 0 bridgehead atoms. The predicted molar refractivity (Wildman–Crippen MR) is 273 cm³/mol. The van der Waals surface area contributed by atoms with E-state index in [2.05, 4.69) is 101 Å². The number of rotatable bonds is 34. The second-order valence-corrected chi connectivity index (χ2v) is 24.8. The molecule has 3 aliphatic rings. The lowest BCUT2D eigenvalue weighted by Crippen LogP contribution is -2.67. The van der Waals surface area contributed by atoms with Crippen molar-refractivity contribution in [1.82, 2.24) is 0 Å². The van der Waals surface area contributed by atoms with E-state index in [1.807, 2.05) is 13.0 Å². The smallest absolute Gasteiger partial charge is 0.334 e. The van der Waals surface area contributed by atoms with Crippen LogP contribution in [0.1, 0.15) is 176 Å². The van der Waals surface area contributed by atoms with E-state index in [0.29, 0.717) is 13.2 Å². The summed E-state index contributed by atoms with van der Waals surface area (Å²) < 4.78 is 49.6. The summed E-state index contributed by atoms with van der Waals surface area (Å²) >= 11 is 0. The standard InChI is InChI=1S/C57H90O9Si/c1-8-9-10-11-12-16-19-28-35-50(61-43-59-6)52-37-39-54(64-52)55-40-38-53(65-55)51(62-44-60-7)36-29-20-17-14-13-15-18-23-30-47(42-46-41-45(2)63-56(46)58)66-67(57(3,4)5,48-31-24-21-25-32-48)49-33-26-22-27-34-49/h17,20-22,24-27,31-34,41,45,47,50-55H,8-16,18-19,23,28-30,35-40,42-44H2,1-7H3/b20-17+/t45-,47+,50+,51+,52+,53+,54-,55+/m0/s1. The fourth-order valence-corrected chi connectivity index (χ4v) is 15.4. The van der Waals surface area contributed by atoms with Gasteiger partial charge in [0.15, 0.2) is 0 Å². The first-order valence-corrected chi connectivity index (χ1v) is 28.4. The van der Waals surface area contributed by atoms with E-state index in [1.165, 1.54) is 61.7 Å². The van der Waals surface area contributed by atoms with Crippen LogP contribution in [0.3, 0.4) is 0 Å². The minimum absolute atomic E-state index is 0.0179. The molecule has 2 fully saturated rings. The largest absolute Gasteiger partial charge is 0.455 e. The topological polar surface area (TPSA) is 90.9 Å². The normalized spacial score (nSPS) is 22.6. The van der Waals surface area contributed by atoms with Gasteiger partial charge in [-0.3, -0.25) is 0 Å². The number of esters is 1. The Balaban J connectivity index is 1.06. The van der Waals surface area contributed by atoms with E-state index in [0.717, 1.165) is 89.0 Å². The van der Waals surface area contributed by atoms with Crippen LogP contribution in [0.5, 0.6) is 0 Å². The lowest BCUT2D eigenvalue weighted by molar-refractivity contribution is -0.157. The van der Waals surface area contributed by atoms with Gasteiger partial charge in [0.1, 0.15) is 19.7 Å². The SMILES string of the molecule is CCCCCCCCCC[C@@H](OCOC)[C@H]1CC[C@@H]([C@H]2CC[C@H]([C@@H](CC/C=C/CCCCCC[C@H](CC3=C[C@H](C)OC3=O)O[Si](c3ccccc3)(c3ccccc3)C(C)(C)C)OCOC)O2)O1. The number of methoxy groups -OCH3 is 2. The van der Waals surface area contributed by atoms with Gasteiger partial charge < -0.3 is 37.6 Å². The van der Waals surface area contributed by atoms with Crippen LogP contribution in [-0.2, 0) is 42.4 Å². The first-order valence-electron chi connectivity index (χ1n) is 26.5. The molecule has 2 aromatic carbocycles. The summed E-state index contributed by atoms with van der Waals surface area (Å²) in [6.07, 6.45) is 30.9. The van der Waals surface area contributed by atoms with E-state index < -0.39 is 8.32 Å². The highest BCUT2D eigenvalue weighted by atomic mass is 28.4. The van der Waals surface area contributed by atoms with Crippen molar-refractivity contribution in [1.29, 1.82) is 0 Å². The number of allylic oxidation sites excluding steroid dienone is 2. The van der Waals surface area contributed by atoms with Gasteiger partial charge in [-0.2, -0.15) is 0 Å². The molecule has 376 valence electrons. The third-order valence-electron chi connectivity index (χ3n) is 14.2. The second-order valence-electron chi connectivity index (χ2n) is 20.5. The van der Waals surface area contributed by atoms with Gasteiger partial charge in [0.25, 0.3) is 8.32 Å². The maximum atomic E-state index is 12.9. The molecule has 2 saturated heterocycles. The summed E-state index contributed by atoms with van der Waals surface area (Å²) in [4.78, 5) is 12.9. The first kappa shape index (κ1) is 55.3. The molecule has 0 unspecified atom stereocenters. The molecule has 67 heavy (non-hydrogen) atoms. The number of hydrogen-bond donors (Lipinski definition) is 0. The third kappa shape index (κ3) is 17.6. The van der Waals surface area contributed by atoms with Crippen molar-refractivity contribution < 1.29 is 42.4 Å². The number of ether oxygens (including phenoxy) is 7. The number of hydrogen-bond acceptors (Lipinski definition) is 9. The molecule has 3 aliphatic heterocycles. The van der Waals surface area contributed by atoms with Gasteiger partial charge in [-0.05, 0) is 92.6 Å². The minimum atomic E-state index is -2.80. The molecule has 10 heteroatoms. The average molecular weight is 947 g/mol. The number of unbranched alkanes of at least 4 members (excludes halogenated alkanes) is 11. The third-order valence-corrected chi connectivity index (χ3v) is 19.3. The summed E-state index contributed by atoms with van der Waals surface area (Å²) in [6, 6.07) is 21.6. The Labute approximate surface area is 407 Å². The van der Waals surface area contributed by atoms with E-state index >= 15 is 0 Å². The molecule has 0 aliphatic carbocycles. The van der Waals surface area contributed by atoms with Gasteiger partial charge in [-0.15, -0.1) is 0 Å². The van der Waals surface area contributed by atoms with Crippen molar-refractivity contribution in [2.24, 2.45) is 0 Å². The summed E-state index contributed by atoms with van der Waals surface area (Å²) in [6.45, 7) is 11.7. The summed E-state index contributed by atoms with van der Waals surface area (Å²) in [5, 5.41) is 2.37. The van der Waals surface area contributed by atoms with E-state index in [1.54, 1.807) is 14.2 Å². The van der Waals surface area contributed by atoms with Crippen LogP contribution in [0.4, 0.5) is 0 Å². The van der Waals surface area contributed by atoms with E-state index in [-0.39, 0.29) is 66.6 Å². The molecule has 0 amide bonds. The molecular formula is C57H90O9Si. The fourth-order valence-electron chi connectivity index (χ4n) is 10.7. The molecule has 5 rings (SSSR count). The minimum Gasteiger partial charge on any atom is -0.455 e. The maximum Gasteiger partial charge on any atom is 0.334 e. The maximum absolute atomic E-state index is 12.9. The van der Waals surface area contributed by atoms with Crippen molar-refractivity contribution >= 4 is 24.7 Å². The van der Waals surface area contributed by atoms with Gasteiger partial charge in [0, 0.05) is 26.2 Å². The van der Waals surface area contributed by atoms with Crippen LogP contribution in [0.2, 0.25) is 5.04 Å². The zero-order valence-electron chi connectivity index (χ0n) is 42.8. The monoisotopic (exact) mass is 947 g/mol. The lowest BCUT2D eigenvalue weighted by Gasteiger charge is -2.45. The molecule has 0 saturated carbocycles. The Hall–Kier alpha value is -2.67. The quantitative estimate of drug-likeness (QED) is 0.0224. The highest BCUT2D eigenvalue weighted by Gasteiger charge is 2.51. The van der Waals surface area contributed by atoms with Crippen molar-refractivity contribution in [2.75, 3.05) is 27.8 Å². The van der Waals surface area contributed by atoms with Crippen LogP contribution in [0.25, 0.3) is 0 Å². The molecule has 9 nitrogen and oxygen atoms in total. The number of carbonyl (C=O) groups is 1. The number of benzene rings is 2. The lowest BCUT2D eigenvalue weighted by atomic mass is 10.0. The zero-order chi connectivity index (χ0) is 47.7. The molecule has 2 aromatic rings. The predicted octanol–water partition coefficient (Wildman–Crippen LogP) is 12.5. The van der Waals surface area contributed by atoms with Crippen LogP contribution in [0, 0.1) is 0 Å². The Bertz CT molecular complexity index is 1660. The average Bonchev–Trinajstić information content (AvgIpc) is 4.09. The van der Waals surface area contributed by atoms with Crippen LogP contribution < -0.4 is 10.4 Å². The van der Waals surface area contributed by atoms with Crippen LogP contribution in [-0.4, -0.2) is 90.9 Å². The van der Waals surface area contributed by atoms with Gasteiger partial charge in [0.05, 0.1) is 42.7 Å². The van der Waals surface area contributed by atoms with Crippen LogP contribution in [0.15, 0.2) is 84.5 Å². The number of carbonyl (C=O) groups excluding carboxylic acids is 1. The molecule has 0 aromatic heterocycles. The van der Waals surface area contributed by atoms with E-state index in [4.69, 9.17) is 37.6 Å². The summed E-state index contributed by atoms with van der Waals surface area (Å²) in [5.74, 6) is -0.207. The summed E-state index contributed by atoms with van der Waals surface area (Å²) in [5.41, 5.74) is 0.744. The second kappa shape index (κ2) is 30.2. The number of cyclic esters (lactones) is 1. The molecular weight excluding hydrogens is 857 g/mol. The van der Waals surface area contributed by atoms with Gasteiger partial charge >= 0.3 is 5.97 Å².